The molecule has 0 atom stereocenters. The molecule has 1 aromatic heterocycles. The van der Waals surface area contributed by atoms with Crippen molar-refractivity contribution in [3.63, 3.8) is 0 Å². The van der Waals surface area contributed by atoms with Crippen molar-refractivity contribution < 1.29 is 0 Å². The Morgan fingerprint density at radius 1 is 1.25 bits per heavy atom. The first-order chi connectivity index (χ1) is 7.49. The van der Waals surface area contributed by atoms with E-state index < -0.39 is 0 Å². The summed E-state index contributed by atoms with van der Waals surface area (Å²) in [6, 6.07) is 0.411. The highest BCUT2D eigenvalue weighted by atomic mass is 35.5. The van der Waals surface area contributed by atoms with Gasteiger partial charge in [-0.3, -0.25) is 0 Å². The number of aromatic nitrogens is 2. The van der Waals surface area contributed by atoms with Crippen LogP contribution in [0.15, 0.2) is 6.33 Å². The van der Waals surface area contributed by atoms with E-state index in [0.717, 1.165) is 17.9 Å². The quantitative estimate of drug-likeness (QED) is 0.756. The molecule has 1 rings (SSSR count). The van der Waals surface area contributed by atoms with E-state index in [1.54, 1.807) is 0 Å². The van der Waals surface area contributed by atoms with Crippen LogP contribution in [-0.4, -0.2) is 22.6 Å². The van der Waals surface area contributed by atoms with Gasteiger partial charge in [-0.2, -0.15) is 0 Å². The van der Waals surface area contributed by atoms with Crippen LogP contribution in [-0.2, 0) is 0 Å². The zero-order valence-corrected chi connectivity index (χ0v) is 11.4. The highest BCUT2D eigenvalue weighted by Crippen LogP contribution is 2.31. The fourth-order valence-corrected chi connectivity index (χ4v) is 2.20. The standard InChI is InChI=1S/C12H20ClN3/c1-6-16(9(4)5)12-10(8(2)3)11(13)14-7-15-12/h7-9H,6H2,1-5H3. The lowest BCUT2D eigenvalue weighted by Gasteiger charge is -2.29. The highest BCUT2D eigenvalue weighted by Gasteiger charge is 2.19. The van der Waals surface area contributed by atoms with Crippen LogP contribution >= 0.6 is 11.6 Å². The molecule has 0 amide bonds. The molecule has 0 aliphatic rings. The first-order valence-electron chi connectivity index (χ1n) is 5.76. The van der Waals surface area contributed by atoms with Crippen molar-refractivity contribution in [1.29, 1.82) is 0 Å². The summed E-state index contributed by atoms with van der Waals surface area (Å²) >= 11 is 6.15. The highest BCUT2D eigenvalue weighted by molar-refractivity contribution is 6.30. The number of hydrogen-bond donors (Lipinski definition) is 0. The number of anilines is 1. The molecule has 1 aromatic rings. The second-order valence-electron chi connectivity index (χ2n) is 4.44. The third-order valence-corrected chi connectivity index (χ3v) is 2.93. The van der Waals surface area contributed by atoms with Crippen LogP contribution in [0, 0.1) is 0 Å². The Bertz CT molecular complexity index is 350. The van der Waals surface area contributed by atoms with Gasteiger partial charge in [0.25, 0.3) is 0 Å². The van der Waals surface area contributed by atoms with Crippen LogP contribution < -0.4 is 4.90 Å². The Balaban J connectivity index is 3.26. The molecule has 0 aliphatic heterocycles. The maximum atomic E-state index is 6.15. The summed E-state index contributed by atoms with van der Waals surface area (Å²) in [4.78, 5) is 10.7. The minimum atomic E-state index is 0.330. The minimum Gasteiger partial charge on any atom is -0.354 e. The predicted octanol–water partition coefficient (Wildman–Crippen LogP) is 3.49. The molecule has 1 heterocycles. The average molecular weight is 242 g/mol. The van der Waals surface area contributed by atoms with E-state index in [1.165, 1.54) is 6.33 Å². The Kier molecular flexibility index (Phi) is 4.54. The fraction of sp³-hybridized carbons (Fsp3) is 0.667. The van der Waals surface area contributed by atoms with Gasteiger partial charge in [-0.1, -0.05) is 25.4 Å². The summed E-state index contributed by atoms with van der Waals surface area (Å²) in [5.74, 6) is 1.30. The molecule has 0 spiro atoms. The first kappa shape index (κ1) is 13.2. The summed E-state index contributed by atoms with van der Waals surface area (Å²) in [6.45, 7) is 11.6. The molecule has 0 unspecified atom stereocenters. The number of nitrogens with zero attached hydrogens (tertiary/aromatic N) is 3. The van der Waals surface area contributed by atoms with Gasteiger partial charge in [-0.15, -0.1) is 0 Å². The molecule has 16 heavy (non-hydrogen) atoms. The van der Waals surface area contributed by atoms with E-state index in [2.05, 4.69) is 49.5 Å². The zero-order valence-electron chi connectivity index (χ0n) is 10.7. The number of halogens is 1. The lowest BCUT2D eigenvalue weighted by molar-refractivity contribution is 0.679. The summed E-state index contributed by atoms with van der Waals surface area (Å²) < 4.78 is 0. The van der Waals surface area contributed by atoms with Crippen molar-refractivity contribution in [2.24, 2.45) is 0 Å². The second-order valence-corrected chi connectivity index (χ2v) is 4.79. The summed E-state index contributed by atoms with van der Waals surface area (Å²) in [5.41, 5.74) is 1.04. The van der Waals surface area contributed by atoms with Crippen molar-refractivity contribution in [2.45, 2.75) is 46.6 Å². The molecule has 0 saturated carbocycles. The van der Waals surface area contributed by atoms with Crippen molar-refractivity contribution in [1.82, 2.24) is 9.97 Å². The average Bonchev–Trinajstić information content (AvgIpc) is 2.17. The van der Waals surface area contributed by atoms with Gasteiger partial charge in [0.2, 0.25) is 0 Å². The summed E-state index contributed by atoms with van der Waals surface area (Å²) in [6.07, 6.45) is 1.54. The monoisotopic (exact) mass is 241 g/mol. The van der Waals surface area contributed by atoms with E-state index in [-0.39, 0.29) is 0 Å². The second kappa shape index (κ2) is 5.48. The normalized spacial score (nSPS) is 11.2. The SMILES string of the molecule is CCN(c1ncnc(Cl)c1C(C)C)C(C)C. The summed E-state index contributed by atoms with van der Waals surface area (Å²) in [7, 11) is 0. The third kappa shape index (κ3) is 2.64. The van der Waals surface area contributed by atoms with Crippen molar-refractivity contribution in [2.75, 3.05) is 11.4 Å². The van der Waals surface area contributed by atoms with E-state index >= 15 is 0 Å². The smallest absolute Gasteiger partial charge is 0.138 e. The van der Waals surface area contributed by atoms with Crippen LogP contribution in [0.1, 0.15) is 46.1 Å². The molecule has 3 nitrogen and oxygen atoms in total. The Labute approximate surface area is 103 Å². The Hall–Kier alpha value is -0.830. The molecular formula is C12H20ClN3. The molecular weight excluding hydrogens is 222 g/mol. The van der Waals surface area contributed by atoms with E-state index in [0.29, 0.717) is 17.1 Å². The maximum absolute atomic E-state index is 6.15. The molecule has 0 aromatic carbocycles. The fourth-order valence-electron chi connectivity index (χ4n) is 1.85. The summed E-state index contributed by atoms with van der Waals surface area (Å²) in [5, 5.41) is 0.569. The van der Waals surface area contributed by atoms with E-state index in [9.17, 15) is 0 Å². The first-order valence-corrected chi connectivity index (χ1v) is 6.13. The van der Waals surface area contributed by atoms with Crippen molar-refractivity contribution in [3.8, 4) is 0 Å². The van der Waals surface area contributed by atoms with Crippen LogP contribution in [0.5, 0.6) is 0 Å². The lowest BCUT2D eigenvalue weighted by Crippen LogP contribution is -2.32. The van der Waals surface area contributed by atoms with Gasteiger partial charge < -0.3 is 4.90 Å². The van der Waals surface area contributed by atoms with Crippen LogP contribution in [0.4, 0.5) is 5.82 Å². The molecule has 0 aliphatic carbocycles. The molecule has 0 N–H and O–H groups in total. The van der Waals surface area contributed by atoms with Gasteiger partial charge in [-0.05, 0) is 26.7 Å². The van der Waals surface area contributed by atoms with Gasteiger partial charge in [0, 0.05) is 18.2 Å². The third-order valence-electron chi connectivity index (χ3n) is 2.63. The topological polar surface area (TPSA) is 29.0 Å². The van der Waals surface area contributed by atoms with Crippen LogP contribution in [0.2, 0.25) is 5.15 Å². The molecule has 0 saturated heterocycles. The number of hydrogen-bond acceptors (Lipinski definition) is 3. The van der Waals surface area contributed by atoms with Gasteiger partial charge in [-0.25, -0.2) is 9.97 Å². The van der Waals surface area contributed by atoms with Gasteiger partial charge >= 0.3 is 0 Å². The van der Waals surface area contributed by atoms with Crippen LogP contribution in [0.25, 0.3) is 0 Å². The zero-order chi connectivity index (χ0) is 12.3. The van der Waals surface area contributed by atoms with Crippen LogP contribution in [0.3, 0.4) is 0 Å². The molecule has 4 heteroatoms. The van der Waals surface area contributed by atoms with Gasteiger partial charge in [0.15, 0.2) is 0 Å². The Morgan fingerprint density at radius 3 is 2.31 bits per heavy atom. The molecule has 90 valence electrons. The lowest BCUT2D eigenvalue weighted by atomic mass is 10.1. The Morgan fingerprint density at radius 2 is 1.88 bits per heavy atom. The number of rotatable bonds is 4. The maximum Gasteiger partial charge on any atom is 0.138 e. The van der Waals surface area contributed by atoms with E-state index in [4.69, 9.17) is 11.6 Å². The van der Waals surface area contributed by atoms with Gasteiger partial charge in [0.1, 0.15) is 17.3 Å². The van der Waals surface area contributed by atoms with Crippen molar-refractivity contribution >= 4 is 17.4 Å². The van der Waals surface area contributed by atoms with Crippen molar-refractivity contribution in [3.05, 3.63) is 17.0 Å². The van der Waals surface area contributed by atoms with E-state index in [1.807, 2.05) is 0 Å². The largest absolute Gasteiger partial charge is 0.354 e. The molecule has 0 bridgehead atoms. The minimum absolute atomic E-state index is 0.330. The molecule has 0 fully saturated rings. The predicted molar refractivity (Wildman–Crippen MR) is 69.3 cm³/mol. The molecule has 0 radical (unpaired) electrons. The van der Waals surface area contributed by atoms with Gasteiger partial charge in [0.05, 0.1) is 0 Å².